The van der Waals surface area contributed by atoms with Gasteiger partial charge in [0.25, 0.3) is 5.91 Å². The maximum Gasteiger partial charge on any atom is 0.328 e. The summed E-state index contributed by atoms with van der Waals surface area (Å²) in [4.78, 5) is 25.2. The third kappa shape index (κ3) is 4.56. The van der Waals surface area contributed by atoms with Gasteiger partial charge in [-0.25, -0.2) is 4.79 Å². The molecular weight excluding hydrogens is 526 g/mol. The highest BCUT2D eigenvalue weighted by Gasteiger charge is 2.39. The van der Waals surface area contributed by atoms with Crippen LogP contribution < -0.4 is 5.32 Å². The molecule has 0 spiro atoms. The first-order chi connectivity index (χ1) is 19.3. The second-order valence-corrected chi connectivity index (χ2v) is 10.5. The lowest BCUT2D eigenvalue weighted by molar-refractivity contribution is -0.131. The highest BCUT2D eigenvalue weighted by molar-refractivity contribution is 6.34. The Bertz CT molecular complexity index is 1780. The van der Waals surface area contributed by atoms with E-state index in [0.717, 1.165) is 39.0 Å². The number of hydrogen-bond acceptors (Lipinski definition) is 4. The summed E-state index contributed by atoms with van der Waals surface area (Å²) in [5, 5.41) is 21.6. The summed E-state index contributed by atoms with van der Waals surface area (Å²) in [6.07, 6.45) is 7.27. The van der Waals surface area contributed by atoms with Crippen LogP contribution in [0, 0.1) is 6.92 Å². The molecule has 0 fully saturated rings. The van der Waals surface area contributed by atoms with Crippen LogP contribution in [0.25, 0.3) is 22.7 Å². The van der Waals surface area contributed by atoms with Crippen LogP contribution in [-0.2, 0) is 23.3 Å². The third-order valence-corrected chi connectivity index (χ3v) is 7.89. The molecule has 0 saturated carbocycles. The number of rotatable bonds is 6. The number of carbonyl (C=O) groups excluding carboxylic acids is 1. The minimum Gasteiger partial charge on any atom is -0.478 e. The molecule has 2 N–H and O–H groups in total. The molecule has 1 aliphatic heterocycles. The molecule has 5 aromatic rings. The van der Waals surface area contributed by atoms with Crippen LogP contribution in [0.3, 0.4) is 0 Å². The van der Waals surface area contributed by atoms with Gasteiger partial charge in [0.05, 0.1) is 22.7 Å². The molecule has 0 radical (unpaired) electrons. The molecule has 40 heavy (non-hydrogen) atoms. The van der Waals surface area contributed by atoms with Crippen LogP contribution in [-0.4, -0.2) is 36.3 Å². The number of nitrogens with one attached hydrogen (secondary N) is 1. The van der Waals surface area contributed by atoms with E-state index in [1.807, 2.05) is 37.3 Å². The molecule has 9 heteroatoms. The maximum absolute atomic E-state index is 13.8. The first-order valence-corrected chi connectivity index (χ1v) is 13.3. The largest absolute Gasteiger partial charge is 0.478 e. The standard InChI is InChI=1S/C31H26ClN5O3/c1-20-7-11-27-25(15-20)23(10-12-29(38)39)28-13-14-31(17-37(27)28,21-5-3-2-4-6-21)35-30(40)24-9-8-22(16-26(24)32)36-18-33-34-19-36/h2-12,15-16,18-19H,13-14,17H2,1H3,(H,35,40)(H,38,39)/t31-/m1/s1. The zero-order valence-electron chi connectivity index (χ0n) is 21.7. The highest BCUT2D eigenvalue weighted by Crippen LogP contribution is 2.40. The molecule has 0 saturated heterocycles. The molecule has 3 aromatic carbocycles. The Morgan fingerprint density at radius 3 is 2.55 bits per heavy atom. The number of amides is 1. The topological polar surface area (TPSA) is 102 Å². The first-order valence-electron chi connectivity index (χ1n) is 12.9. The van der Waals surface area contributed by atoms with E-state index in [4.69, 9.17) is 11.6 Å². The molecule has 1 aliphatic rings. The van der Waals surface area contributed by atoms with Gasteiger partial charge in [0.1, 0.15) is 12.7 Å². The molecule has 0 unspecified atom stereocenters. The van der Waals surface area contributed by atoms with Gasteiger partial charge in [0, 0.05) is 33.9 Å². The Hall–Kier alpha value is -4.69. The number of aryl methyl sites for hydroxylation is 1. The SMILES string of the molecule is Cc1ccc2c(c1)c(C=CC(=O)O)c1n2C[C@@](NC(=O)c2ccc(-n3cnnc3)cc2Cl)(c2ccccc2)CC1. The van der Waals surface area contributed by atoms with Crippen LogP contribution in [0.2, 0.25) is 5.02 Å². The fourth-order valence-electron chi connectivity index (χ4n) is 5.65. The number of benzene rings is 3. The number of aliphatic carboxylic acids is 1. The van der Waals surface area contributed by atoms with Crippen LogP contribution in [0.5, 0.6) is 0 Å². The van der Waals surface area contributed by atoms with E-state index in [1.54, 1.807) is 41.5 Å². The second-order valence-electron chi connectivity index (χ2n) is 10.1. The lowest BCUT2D eigenvalue weighted by Gasteiger charge is -2.40. The number of hydrogen-bond donors (Lipinski definition) is 2. The summed E-state index contributed by atoms with van der Waals surface area (Å²) in [5.41, 5.74) is 5.44. The van der Waals surface area contributed by atoms with E-state index >= 15 is 0 Å². The van der Waals surface area contributed by atoms with Crippen molar-refractivity contribution >= 4 is 40.5 Å². The van der Waals surface area contributed by atoms with Crippen molar-refractivity contribution in [3.05, 3.63) is 118 Å². The Labute approximate surface area is 235 Å². The number of halogens is 1. The minimum atomic E-state index is -0.991. The molecule has 2 aromatic heterocycles. The predicted octanol–water partition coefficient (Wildman–Crippen LogP) is 5.55. The Morgan fingerprint density at radius 2 is 1.82 bits per heavy atom. The fraction of sp³-hybridized carbons (Fsp3) is 0.161. The zero-order valence-corrected chi connectivity index (χ0v) is 22.5. The molecule has 1 amide bonds. The van der Waals surface area contributed by atoms with Crippen molar-refractivity contribution in [2.45, 2.75) is 31.8 Å². The summed E-state index contributed by atoms with van der Waals surface area (Å²) in [6.45, 7) is 2.50. The Balaban J connectivity index is 1.42. The van der Waals surface area contributed by atoms with Gasteiger partial charge in [-0.15, -0.1) is 10.2 Å². The van der Waals surface area contributed by atoms with Gasteiger partial charge >= 0.3 is 5.97 Å². The summed E-state index contributed by atoms with van der Waals surface area (Å²) in [6, 6.07) is 21.4. The maximum atomic E-state index is 13.8. The molecule has 200 valence electrons. The first kappa shape index (κ1) is 25.6. The Kier molecular flexibility index (Phi) is 6.48. The number of carboxylic acid groups (broad SMARTS) is 1. The van der Waals surface area contributed by atoms with E-state index in [-0.39, 0.29) is 5.91 Å². The van der Waals surface area contributed by atoms with Crippen molar-refractivity contribution < 1.29 is 14.7 Å². The smallest absolute Gasteiger partial charge is 0.328 e. The fourth-order valence-corrected chi connectivity index (χ4v) is 5.91. The van der Waals surface area contributed by atoms with Crippen molar-refractivity contribution in [1.82, 2.24) is 24.6 Å². The van der Waals surface area contributed by atoms with Crippen molar-refractivity contribution in [3.63, 3.8) is 0 Å². The number of fused-ring (bicyclic) bond motifs is 3. The average molecular weight is 552 g/mol. The van der Waals surface area contributed by atoms with E-state index < -0.39 is 11.5 Å². The van der Waals surface area contributed by atoms with Crippen molar-refractivity contribution in [2.75, 3.05) is 0 Å². The highest BCUT2D eigenvalue weighted by atomic mass is 35.5. The third-order valence-electron chi connectivity index (χ3n) is 7.57. The molecule has 8 nitrogen and oxygen atoms in total. The summed E-state index contributed by atoms with van der Waals surface area (Å²) in [5.74, 6) is -1.26. The predicted molar refractivity (Wildman–Crippen MR) is 154 cm³/mol. The van der Waals surface area contributed by atoms with Crippen molar-refractivity contribution in [1.29, 1.82) is 0 Å². The number of aromatic nitrogens is 4. The van der Waals surface area contributed by atoms with Crippen molar-refractivity contribution in [2.24, 2.45) is 0 Å². The molecule has 0 aliphatic carbocycles. The number of carboxylic acids is 1. The van der Waals surface area contributed by atoms with Gasteiger partial charge in [0.2, 0.25) is 0 Å². The lowest BCUT2D eigenvalue weighted by atomic mass is 9.81. The summed E-state index contributed by atoms with van der Waals surface area (Å²) in [7, 11) is 0. The lowest BCUT2D eigenvalue weighted by Crippen LogP contribution is -2.51. The van der Waals surface area contributed by atoms with Crippen LogP contribution >= 0.6 is 11.6 Å². The number of carbonyl (C=O) groups is 2. The summed E-state index contributed by atoms with van der Waals surface area (Å²) >= 11 is 6.61. The zero-order chi connectivity index (χ0) is 27.9. The quantitative estimate of drug-likeness (QED) is 0.269. The number of nitrogens with zero attached hydrogens (tertiary/aromatic N) is 4. The van der Waals surface area contributed by atoms with E-state index in [0.29, 0.717) is 30.0 Å². The monoisotopic (exact) mass is 551 g/mol. The molecule has 6 rings (SSSR count). The average Bonchev–Trinajstić information content (AvgIpc) is 3.58. The molecular formula is C31H26ClN5O3. The van der Waals surface area contributed by atoms with Gasteiger partial charge in [-0.3, -0.25) is 9.36 Å². The van der Waals surface area contributed by atoms with Gasteiger partial charge < -0.3 is 15.0 Å². The van der Waals surface area contributed by atoms with E-state index in [2.05, 4.69) is 38.3 Å². The van der Waals surface area contributed by atoms with E-state index in [9.17, 15) is 14.7 Å². The van der Waals surface area contributed by atoms with Crippen molar-refractivity contribution in [3.8, 4) is 5.69 Å². The van der Waals surface area contributed by atoms with Crippen LogP contribution in [0.1, 0.15) is 39.2 Å². The van der Waals surface area contributed by atoms with Crippen LogP contribution in [0.15, 0.2) is 85.5 Å². The summed E-state index contributed by atoms with van der Waals surface area (Å²) < 4.78 is 3.93. The minimum absolute atomic E-state index is 0.272. The molecule has 0 bridgehead atoms. The molecule has 1 atom stereocenters. The van der Waals surface area contributed by atoms with Gasteiger partial charge in [-0.1, -0.05) is 53.6 Å². The van der Waals surface area contributed by atoms with Gasteiger partial charge in [0.15, 0.2) is 0 Å². The van der Waals surface area contributed by atoms with Crippen LogP contribution in [0.4, 0.5) is 0 Å². The molecule has 3 heterocycles. The second kappa shape index (κ2) is 10.1. The van der Waals surface area contributed by atoms with Gasteiger partial charge in [-0.05, 0) is 61.7 Å². The normalized spacial score (nSPS) is 16.8. The van der Waals surface area contributed by atoms with E-state index in [1.165, 1.54) is 6.08 Å². The Morgan fingerprint density at radius 1 is 1.05 bits per heavy atom. The van der Waals surface area contributed by atoms with Gasteiger partial charge in [-0.2, -0.15) is 0 Å².